The van der Waals surface area contributed by atoms with Crippen LogP contribution in [-0.2, 0) is 18.4 Å². The Morgan fingerprint density at radius 3 is 2.94 bits per heavy atom. The minimum Gasteiger partial charge on any atom is -0.455 e. The average Bonchev–Trinajstić information content (AvgIpc) is 2.75. The third-order valence-electron chi connectivity index (χ3n) is 2.24. The van der Waals surface area contributed by atoms with E-state index < -0.39 is 11.8 Å². The first kappa shape index (κ1) is 12.0. The molecule has 0 aliphatic heterocycles. The maximum Gasteiger partial charge on any atom is 0.338 e. The van der Waals surface area contributed by atoms with Crippen LogP contribution in [0, 0.1) is 5.82 Å². The highest BCUT2D eigenvalue weighted by Gasteiger charge is 2.10. The Kier molecular flexibility index (Phi) is 3.22. The number of halogens is 1. The highest BCUT2D eigenvalue weighted by Crippen LogP contribution is 2.13. The molecule has 6 nitrogen and oxygen atoms in total. The normalized spacial score (nSPS) is 10.3. The molecule has 2 N–H and O–H groups in total. The number of rotatable bonds is 3. The van der Waals surface area contributed by atoms with E-state index in [0.717, 1.165) is 6.07 Å². The number of benzene rings is 1. The summed E-state index contributed by atoms with van der Waals surface area (Å²) >= 11 is 0. The van der Waals surface area contributed by atoms with E-state index >= 15 is 0 Å². The first-order chi connectivity index (χ1) is 8.56. The largest absolute Gasteiger partial charge is 0.455 e. The summed E-state index contributed by atoms with van der Waals surface area (Å²) in [7, 11) is 1.70. The van der Waals surface area contributed by atoms with Crippen molar-refractivity contribution in [3.8, 4) is 0 Å². The molecule has 0 saturated carbocycles. The van der Waals surface area contributed by atoms with Crippen molar-refractivity contribution in [3.05, 3.63) is 41.5 Å². The van der Waals surface area contributed by atoms with E-state index in [2.05, 4.69) is 10.3 Å². The summed E-state index contributed by atoms with van der Waals surface area (Å²) in [5, 5.41) is 7.45. The van der Waals surface area contributed by atoms with Crippen LogP contribution in [0.25, 0.3) is 0 Å². The molecule has 1 aromatic heterocycles. The van der Waals surface area contributed by atoms with Crippen LogP contribution in [0.4, 0.5) is 10.1 Å². The van der Waals surface area contributed by atoms with E-state index in [4.69, 9.17) is 10.5 Å². The zero-order valence-electron chi connectivity index (χ0n) is 9.63. The summed E-state index contributed by atoms with van der Waals surface area (Å²) in [5.74, 6) is -1.29. The summed E-state index contributed by atoms with van der Waals surface area (Å²) in [6.45, 7) is -0.0152. The molecule has 0 spiro atoms. The summed E-state index contributed by atoms with van der Waals surface area (Å²) < 4.78 is 19.6. The summed E-state index contributed by atoms with van der Waals surface area (Å²) in [6.07, 6.45) is 1.62. The van der Waals surface area contributed by atoms with Crippen molar-refractivity contribution in [2.45, 2.75) is 6.61 Å². The molecule has 0 fully saturated rings. The number of nitrogens with two attached hydrogens (primary N) is 1. The summed E-state index contributed by atoms with van der Waals surface area (Å²) in [4.78, 5) is 11.6. The lowest BCUT2D eigenvalue weighted by Gasteiger charge is -2.03. The second kappa shape index (κ2) is 4.82. The number of esters is 1. The van der Waals surface area contributed by atoms with E-state index in [1.54, 1.807) is 13.2 Å². The van der Waals surface area contributed by atoms with Crippen molar-refractivity contribution in [2.24, 2.45) is 7.05 Å². The minimum absolute atomic E-state index is 0.0134. The van der Waals surface area contributed by atoms with E-state index in [0.29, 0.717) is 5.69 Å². The fourth-order valence-electron chi connectivity index (χ4n) is 1.34. The van der Waals surface area contributed by atoms with E-state index in [-0.39, 0.29) is 17.9 Å². The monoisotopic (exact) mass is 250 g/mol. The average molecular weight is 250 g/mol. The van der Waals surface area contributed by atoms with Crippen LogP contribution in [-0.4, -0.2) is 21.0 Å². The molecule has 2 aromatic rings. The number of aromatic nitrogens is 3. The smallest absolute Gasteiger partial charge is 0.338 e. The molecule has 1 heterocycles. The number of hydrogen-bond acceptors (Lipinski definition) is 5. The maximum absolute atomic E-state index is 13.1. The SMILES string of the molecule is Cn1cc(COC(=O)c2ccc(N)c(F)c2)nn1. The number of nitrogens with zero attached hydrogens (tertiary/aromatic N) is 3. The van der Waals surface area contributed by atoms with Gasteiger partial charge >= 0.3 is 5.97 Å². The van der Waals surface area contributed by atoms with Gasteiger partial charge in [-0.05, 0) is 18.2 Å². The van der Waals surface area contributed by atoms with Gasteiger partial charge < -0.3 is 10.5 Å². The van der Waals surface area contributed by atoms with Gasteiger partial charge in [-0.3, -0.25) is 4.68 Å². The first-order valence-corrected chi connectivity index (χ1v) is 5.13. The maximum atomic E-state index is 13.1. The standard InChI is InChI=1S/C11H11FN4O2/c1-16-5-8(14-15-16)6-18-11(17)7-2-3-10(13)9(12)4-7/h2-5H,6,13H2,1H3. The Morgan fingerprint density at radius 1 is 1.56 bits per heavy atom. The van der Waals surface area contributed by atoms with Crippen LogP contribution in [0.15, 0.2) is 24.4 Å². The second-order valence-electron chi connectivity index (χ2n) is 3.70. The van der Waals surface area contributed by atoms with Gasteiger partial charge in [0.1, 0.15) is 18.1 Å². The number of carbonyl (C=O) groups is 1. The number of aryl methyl sites for hydroxylation is 1. The Bertz CT molecular complexity index is 582. The molecule has 0 unspecified atom stereocenters. The van der Waals surface area contributed by atoms with Gasteiger partial charge in [0.25, 0.3) is 0 Å². The molecule has 1 aromatic carbocycles. The summed E-state index contributed by atoms with van der Waals surface area (Å²) in [5.41, 5.74) is 5.91. The van der Waals surface area contributed by atoms with Crippen LogP contribution in [0.2, 0.25) is 0 Å². The molecular formula is C11H11FN4O2. The van der Waals surface area contributed by atoms with Crippen LogP contribution in [0.5, 0.6) is 0 Å². The third kappa shape index (κ3) is 2.62. The zero-order valence-corrected chi connectivity index (χ0v) is 9.63. The van der Waals surface area contributed by atoms with Crippen molar-refractivity contribution in [1.29, 1.82) is 0 Å². The number of hydrogen-bond donors (Lipinski definition) is 1. The molecule has 94 valence electrons. The molecule has 7 heteroatoms. The second-order valence-corrected chi connectivity index (χ2v) is 3.70. The quantitative estimate of drug-likeness (QED) is 0.646. The van der Waals surface area contributed by atoms with Gasteiger partial charge in [-0.1, -0.05) is 5.21 Å². The fourth-order valence-corrected chi connectivity index (χ4v) is 1.34. The van der Waals surface area contributed by atoms with Gasteiger partial charge in [0.15, 0.2) is 0 Å². The lowest BCUT2D eigenvalue weighted by atomic mass is 10.2. The highest BCUT2D eigenvalue weighted by atomic mass is 19.1. The minimum atomic E-state index is -0.649. The van der Waals surface area contributed by atoms with Crippen LogP contribution in [0.1, 0.15) is 16.1 Å². The van der Waals surface area contributed by atoms with Crippen molar-refractivity contribution in [2.75, 3.05) is 5.73 Å². The molecule has 0 saturated heterocycles. The molecule has 0 atom stereocenters. The Morgan fingerprint density at radius 2 is 2.33 bits per heavy atom. The Balaban J connectivity index is 2.01. The van der Waals surface area contributed by atoms with E-state index in [1.807, 2.05) is 0 Å². The molecular weight excluding hydrogens is 239 g/mol. The van der Waals surface area contributed by atoms with Crippen molar-refractivity contribution < 1.29 is 13.9 Å². The van der Waals surface area contributed by atoms with Crippen LogP contribution >= 0.6 is 0 Å². The third-order valence-corrected chi connectivity index (χ3v) is 2.24. The topological polar surface area (TPSA) is 83.0 Å². The van der Waals surface area contributed by atoms with Crippen molar-refractivity contribution >= 4 is 11.7 Å². The lowest BCUT2D eigenvalue weighted by molar-refractivity contribution is 0.0467. The summed E-state index contributed by atoms with van der Waals surface area (Å²) in [6, 6.07) is 3.75. The predicted octanol–water partition coefficient (Wildman–Crippen LogP) is 0.893. The van der Waals surface area contributed by atoms with E-state index in [1.165, 1.54) is 16.8 Å². The Labute approximate surface area is 102 Å². The van der Waals surface area contributed by atoms with Gasteiger partial charge in [-0.15, -0.1) is 5.10 Å². The van der Waals surface area contributed by atoms with Gasteiger partial charge in [0.05, 0.1) is 17.4 Å². The van der Waals surface area contributed by atoms with Gasteiger partial charge in [-0.2, -0.15) is 0 Å². The molecule has 0 radical (unpaired) electrons. The molecule has 18 heavy (non-hydrogen) atoms. The lowest BCUT2D eigenvalue weighted by Crippen LogP contribution is -2.06. The highest BCUT2D eigenvalue weighted by molar-refractivity contribution is 5.89. The Hall–Kier alpha value is -2.44. The van der Waals surface area contributed by atoms with Crippen molar-refractivity contribution in [1.82, 2.24) is 15.0 Å². The number of ether oxygens (including phenoxy) is 1. The predicted molar refractivity (Wildman–Crippen MR) is 60.9 cm³/mol. The number of carbonyl (C=O) groups excluding carboxylic acids is 1. The zero-order chi connectivity index (χ0) is 13.1. The molecule has 0 bridgehead atoms. The van der Waals surface area contributed by atoms with Crippen molar-refractivity contribution in [3.63, 3.8) is 0 Å². The van der Waals surface area contributed by atoms with Gasteiger partial charge in [0.2, 0.25) is 0 Å². The van der Waals surface area contributed by atoms with E-state index in [9.17, 15) is 9.18 Å². The number of nitrogen functional groups attached to an aromatic ring is 1. The molecule has 2 rings (SSSR count). The van der Waals surface area contributed by atoms with Gasteiger partial charge in [-0.25, -0.2) is 9.18 Å². The first-order valence-electron chi connectivity index (χ1n) is 5.13. The number of anilines is 1. The van der Waals surface area contributed by atoms with Gasteiger partial charge in [0, 0.05) is 7.05 Å². The van der Waals surface area contributed by atoms with Crippen LogP contribution in [0.3, 0.4) is 0 Å². The fraction of sp³-hybridized carbons (Fsp3) is 0.182. The molecule has 0 aliphatic carbocycles. The molecule has 0 amide bonds. The molecule has 0 aliphatic rings. The van der Waals surface area contributed by atoms with Crippen LogP contribution < -0.4 is 5.73 Å².